The van der Waals surface area contributed by atoms with Gasteiger partial charge in [0.1, 0.15) is 5.52 Å². The first-order chi connectivity index (χ1) is 15.3. The Hall–Kier alpha value is -3.50. The molecule has 0 bridgehead atoms. The zero-order chi connectivity index (χ0) is 23.3. The Morgan fingerprint density at radius 2 is 1.97 bits per heavy atom. The van der Waals surface area contributed by atoms with Crippen LogP contribution < -0.4 is 10.6 Å². The van der Waals surface area contributed by atoms with Crippen LogP contribution in [0.5, 0.6) is 0 Å². The largest absolute Gasteiger partial charge is 0.483 e. The monoisotopic (exact) mass is 444 g/mol. The third kappa shape index (κ3) is 5.04. The third-order valence-electron chi connectivity index (χ3n) is 6.15. The molecule has 4 rings (SSSR count). The van der Waals surface area contributed by atoms with Crippen molar-refractivity contribution in [3.63, 3.8) is 0 Å². The minimum absolute atomic E-state index is 0.0175. The summed E-state index contributed by atoms with van der Waals surface area (Å²) in [5.41, 5.74) is 2.14. The number of piperidine rings is 1. The molecule has 2 aromatic heterocycles. The molecular weight excluding hydrogens is 416 g/mol. The summed E-state index contributed by atoms with van der Waals surface area (Å²) in [6, 6.07) is 1.83. The smallest absolute Gasteiger partial charge is 0.290 e. The van der Waals surface area contributed by atoms with Gasteiger partial charge in [0.15, 0.2) is 0 Å². The van der Waals surface area contributed by atoms with E-state index in [1.807, 2.05) is 18.0 Å². The van der Waals surface area contributed by atoms with Gasteiger partial charge in [0, 0.05) is 52.3 Å². The van der Waals surface area contributed by atoms with Gasteiger partial charge in [-0.05, 0) is 30.7 Å². The van der Waals surface area contributed by atoms with Crippen LogP contribution >= 0.6 is 0 Å². The van der Waals surface area contributed by atoms with E-state index in [2.05, 4.69) is 20.7 Å². The van der Waals surface area contributed by atoms with Crippen LogP contribution in [0.2, 0.25) is 0 Å². The molecule has 1 saturated carbocycles. The van der Waals surface area contributed by atoms with Crippen LogP contribution in [-0.4, -0.2) is 75.1 Å². The number of fused-ring (bicyclic) bond motifs is 2. The molecule has 3 N–H and O–H groups in total. The molecule has 3 amide bonds. The Balaban J connectivity index is 0.000000913. The first-order valence-electron chi connectivity index (χ1n) is 10.5. The lowest BCUT2D eigenvalue weighted by Gasteiger charge is -2.50. The number of nitrogens with one attached hydrogen (secondary N) is 2. The summed E-state index contributed by atoms with van der Waals surface area (Å²) >= 11 is 0. The number of hydrogen-bond donors (Lipinski definition) is 3. The Morgan fingerprint density at radius 1 is 1.25 bits per heavy atom. The highest BCUT2D eigenvalue weighted by Gasteiger charge is 2.48. The number of amides is 3. The van der Waals surface area contributed by atoms with Crippen molar-refractivity contribution >= 4 is 35.2 Å². The van der Waals surface area contributed by atoms with E-state index < -0.39 is 0 Å². The molecule has 3 atom stereocenters. The van der Waals surface area contributed by atoms with E-state index in [4.69, 9.17) is 9.90 Å². The Morgan fingerprint density at radius 3 is 2.69 bits per heavy atom. The van der Waals surface area contributed by atoms with E-state index >= 15 is 0 Å². The molecule has 1 saturated heterocycles. The van der Waals surface area contributed by atoms with E-state index in [1.54, 1.807) is 17.1 Å². The van der Waals surface area contributed by atoms with Crippen molar-refractivity contribution in [3.8, 4) is 0 Å². The second-order valence-electron chi connectivity index (χ2n) is 8.08. The fourth-order valence-electron chi connectivity index (χ4n) is 4.45. The van der Waals surface area contributed by atoms with Crippen molar-refractivity contribution in [1.29, 1.82) is 0 Å². The van der Waals surface area contributed by atoms with Crippen molar-refractivity contribution < 1.29 is 24.3 Å². The highest BCUT2D eigenvalue weighted by molar-refractivity contribution is 5.96. The molecular formula is C21H28N6O5. The zero-order valence-corrected chi connectivity index (χ0v) is 18.2. The Bertz CT molecular complexity index is 1010. The fourth-order valence-corrected chi connectivity index (χ4v) is 4.45. The lowest BCUT2D eigenvalue weighted by Crippen LogP contribution is -2.56. The van der Waals surface area contributed by atoms with Gasteiger partial charge in [0.05, 0.1) is 17.3 Å². The number of aromatic nitrogens is 3. The summed E-state index contributed by atoms with van der Waals surface area (Å²) in [6.07, 6.45) is 5.08. The average molecular weight is 444 g/mol. The summed E-state index contributed by atoms with van der Waals surface area (Å²) in [5, 5.41) is 16.6. The number of carbonyl (C=O) groups excluding carboxylic acids is 3. The molecule has 0 unspecified atom stereocenters. The maximum absolute atomic E-state index is 13.0. The summed E-state index contributed by atoms with van der Waals surface area (Å²) in [4.78, 5) is 50.9. The maximum atomic E-state index is 13.0. The van der Waals surface area contributed by atoms with Gasteiger partial charge in [-0.2, -0.15) is 5.10 Å². The quantitative estimate of drug-likeness (QED) is 0.435. The molecule has 32 heavy (non-hydrogen) atoms. The normalized spacial score (nSPS) is 21.4. The average Bonchev–Trinajstić information content (AvgIpc) is 3.12. The van der Waals surface area contributed by atoms with Gasteiger partial charge in [-0.1, -0.05) is 0 Å². The predicted octanol–water partition coefficient (Wildman–Crippen LogP) is 0.0196. The van der Waals surface area contributed by atoms with E-state index in [9.17, 15) is 14.4 Å². The summed E-state index contributed by atoms with van der Waals surface area (Å²) in [5.74, 6) is 0.498. The van der Waals surface area contributed by atoms with Crippen LogP contribution in [0.15, 0.2) is 18.5 Å². The van der Waals surface area contributed by atoms with Gasteiger partial charge >= 0.3 is 0 Å². The fraction of sp³-hybridized carbons (Fsp3) is 0.524. The van der Waals surface area contributed by atoms with Crippen LogP contribution in [0.25, 0.3) is 11.0 Å². The maximum Gasteiger partial charge on any atom is 0.290 e. The van der Waals surface area contributed by atoms with E-state index in [0.29, 0.717) is 37.7 Å². The van der Waals surface area contributed by atoms with Crippen molar-refractivity contribution in [2.75, 3.05) is 26.2 Å². The lowest BCUT2D eigenvalue weighted by atomic mass is 9.61. The van der Waals surface area contributed by atoms with Gasteiger partial charge in [0.2, 0.25) is 11.8 Å². The number of rotatable bonds is 5. The summed E-state index contributed by atoms with van der Waals surface area (Å²) < 4.78 is 1.71. The number of nitrogens with zero attached hydrogens (tertiary/aromatic N) is 4. The molecule has 11 nitrogen and oxygen atoms in total. The molecule has 0 radical (unpaired) electrons. The van der Waals surface area contributed by atoms with Crippen molar-refractivity contribution in [1.82, 2.24) is 30.3 Å². The SMILES string of the molecule is CC(=O)NCCNC(=O)[C@@H]1C[C@H]2CCN(C(=O)c3cnc4cnn(C)c4c3)C[C@H]21.O=CO. The van der Waals surface area contributed by atoms with Gasteiger partial charge in [0.25, 0.3) is 12.4 Å². The molecule has 3 heterocycles. The first-order valence-corrected chi connectivity index (χ1v) is 10.5. The third-order valence-corrected chi connectivity index (χ3v) is 6.15. The van der Waals surface area contributed by atoms with Crippen LogP contribution in [0, 0.1) is 17.8 Å². The van der Waals surface area contributed by atoms with Crippen molar-refractivity contribution in [2.24, 2.45) is 24.8 Å². The minimum Gasteiger partial charge on any atom is -0.483 e. The van der Waals surface area contributed by atoms with E-state index in [-0.39, 0.29) is 36.0 Å². The number of likely N-dealkylation sites (tertiary alicyclic amines) is 1. The van der Waals surface area contributed by atoms with Crippen LogP contribution in [0.1, 0.15) is 30.1 Å². The Labute approximate surface area is 185 Å². The molecule has 0 spiro atoms. The molecule has 1 aliphatic heterocycles. The van der Waals surface area contributed by atoms with Gasteiger partial charge in [-0.3, -0.25) is 28.8 Å². The van der Waals surface area contributed by atoms with Gasteiger partial charge < -0.3 is 20.6 Å². The molecule has 2 aromatic rings. The lowest BCUT2D eigenvalue weighted by molar-refractivity contribution is -0.136. The molecule has 1 aliphatic carbocycles. The second-order valence-corrected chi connectivity index (χ2v) is 8.08. The first kappa shape index (κ1) is 23.2. The summed E-state index contributed by atoms with van der Waals surface area (Å²) in [7, 11) is 1.83. The topological polar surface area (TPSA) is 147 Å². The van der Waals surface area contributed by atoms with Crippen LogP contribution in [0.4, 0.5) is 0 Å². The van der Waals surface area contributed by atoms with Gasteiger partial charge in [-0.15, -0.1) is 0 Å². The van der Waals surface area contributed by atoms with Crippen LogP contribution in [0.3, 0.4) is 0 Å². The standard InChI is InChI=1S/C20H26N6O3.CH2O2/c1-12(27)21-4-5-22-19(28)15-7-13-3-6-26(11-16(13)15)20(29)14-8-18-17(23-9-14)10-24-25(18)2;2-1-3/h8-10,13,15-16H,3-7,11H2,1-2H3,(H,21,27)(H,22,28);1H,(H,2,3)/t13-,15-,16-;/m1./s1. The predicted molar refractivity (Wildman–Crippen MR) is 115 cm³/mol. The van der Waals surface area contributed by atoms with Crippen molar-refractivity contribution in [3.05, 3.63) is 24.0 Å². The number of hydrogen-bond acceptors (Lipinski definition) is 6. The van der Waals surface area contributed by atoms with Gasteiger partial charge in [-0.25, -0.2) is 0 Å². The molecule has 2 aliphatic rings. The molecule has 172 valence electrons. The molecule has 2 fully saturated rings. The molecule has 11 heteroatoms. The van der Waals surface area contributed by atoms with E-state index in [1.165, 1.54) is 6.92 Å². The number of carbonyl (C=O) groups is 4. The number of carboxylic acid groups (broad SMARTS) is 1. The van der Waals surface area contributed by atoms with E-state index in [0.717, 1.165) is 23.9 Å². The highest BCUT2D eigenvalue weighted by atomic mass is 16.3. The second kappa shape index (κ2) is 10.2. The number of aryl methyl sites for hydroxylation is 1. The zero-order valence-electron chi connectivity index (χ0n) is 18.2. The minimum atomic E-state index is -0.250. The molecule has 0 aromatic carbocycles. The number of pyridine rings is 1. The summed E-state index contributed by atoms with van der Waals surface area (Å²) in [6.45, 7) is 3.35. The van der Waals surface area contributed by atoms with Crippen molar-refractivity contribution in [2.45, 2.75) is 19.8 Å². The Kier molecular flexibility index (Phi) is 7.39. The van der Waals surface area contributed by atoms with Crippen LogP contribution in [-0.2, 0) is 21.4 Å². The highest BCUT2D eigenvalue weighted by Crippen LogP contribution is 2.45.